The zero-order valence-electron chi connectivity index (χ0n) is 8.90. The molecule has 1 heterocycles. The van der Waals surface area contributed by atoms with E-state index in [0.717, 1.165) is 6.42 Å². The molecule has 0 unspecified atom stereocenters. The van der Waals surface area contributed by atoms with Gasteiger partial charge in [0, 0.05) is 26.2 Å². The summed E-state index contributed by atoms with van der Waals surface area (Å²) in [5.41, 5.74) is 5.60. The van der Waals surface area contributed by atoms with E-state index in [1.165, 1.54) is 11.8 Å². The van der Waals surface area contributed by atoms with E-state index in [9.17, 15) is 0 Å². The number of nitrogens with two attached hydrogens (primary N) is 1. The molecule has 0 radical (unpaired) electrons. The second-order valence-corrected chi connectivity index (χ2v) is 3.59. The van der Waals surface area contributed by atoms with E-state index in [0.29, 0.717) is 30.1 Å². The third kappa shape index (κ3) is 4.35. The first-order chi connectivity index (χ1) is 7.26. The molecule has 2 N–H and O–H groups in total. The van der Waals surface area contributed by atoms with Crippen molar-refractivity contribution >= 4 is 17.6 Å². The molecule has 1 rings (SSSR count). The third-order valence-corrected chi connectivity index (χ3v) is 2.17. The van der Waals surface area contributed by atoms with Crippen molar-refractivity contribution in [2.75, 3.05) is 32.3 Å². The molecule has 0 saturated heterocycles. The minimum atomic E-state index is 0.427. The highest BCUT2D eigenvalue weighted by Gasteiger charge is 2.02. The van der Waals surface area contributed by atoms with Gasteiger partial charge in [-0.1, -0.05) is 11.8 Å². The Hall–Kier alpha value is -1.01. The van der Waals surface area contributed by atoms with Crippen LogP contribution in [-0.4, -0.2) is 36.5 Å². The Bertz CT molecular complexity index is 309. The van der Waals surface area contributed by atoms with Crippen LogP contribution in [0.15, 0.2) is 11.2 Å². The zero-order chi connectivity index (χ0) is 11.1. The quantitative estimate of drug-likeness (QED) is 0.449. The SMILES string of the molecule is COCCCOc1cc(N)nc(SC)n1. The van der Waals surface area contributed by atoms with Gasteiger partial charge in [-0.15, -0.1) is 0 Å². The van der Waals surface area contributed by atoms with E-state index in [2.05, 4.69) is 9.97 Å². The van der Waals surface area contributed by atoms with Gasteiger partial charge in [0.15, 0.2) is 5.16 Å². The largest absolute Gasteiger partial charge is 0.477 e. The molecular weight excluding hydrogens is 214 g/mol. The minimum Gasteiger partial charge on any atom is -0.477 e. The van der Waals surface area contributed by atoms with Crippen molar-refractivity contribution in [3.8, 4) is 5.88 Å². The first-order valence-electron chi connectivity index (χ1n) is 4.56. The Labute approximate surface area is 93.4 Å². The van der Waals surface area contributed by atoms with Crippen LogP contribution in [0.2, 0.25) is 0 Å². The Morgan fingerprint density at radius 1 is 1.40 bits per heavy atom. The number of anilines is 1. The van der Waals surface area contributed by atoms with Gasteiger partial charge in [-0.05, 0) is 6.26 Å². The van der Waals surface area contributed by atoms with Crippen LogP contribution in [0, 0.1) is 0 Å². The van der Waals surface area contributed by atoms with Crippen LogP contribution in [0.3, 0.4) is 0 Å². The van der Waals surface area contributed by atoms with E-state index >= 15 is 0 Å². The predicted molar refractivity (Wildman–Crippen MR) is 60.2 cm³/mol. The number of hydrogen-bond acceptors (Lipinski definition) is 6. The van der Waals surface area contributed by atoms with E-state index in [1.54, 1.807) is 13.2 Å². The highest BCUT2D eigenvalue weighted by molar-refractivity contribution is 7.98. The fourth-order valence-electron chi connectivity index (χ4n) is 0.966. The molecule has 0 aliphatic rings. The molecule has 1 aromatic rings. The van der Waals surface area contributed by atoms with Gasteiger partial charge in [-0.25, -0.2) is 4.98 Å². The number of hydrogen-bond donors (Lipinski definition) is 1. The maximum absolute atomic E-state index is 5.60. The predicted octanol–water partition coefficient (Wildman–Crippen LogP) is 1.20. The average Bonchev–Trinajstić information content (AvgIpc) is 2.23. The van der Waals surface area contributed by atoms with Crippen LogP contribution >= 0.6 is 11.8 Å². The zero-order valence-corrected chi connectivity index (χ0v) is 9.71. The van der Waals surface area contributed by atoms with Gasteiger partial charge < -0.3 is 15.2 Å². The fraction of sp³-hybridized carbons (Fsp3) is 0.556. The Morgan fingerprint density at radius 2 is 2.20 bits per heavy atom. The lowest BCUT2D eigenvalue weighted by atomic mass is 10.5. The molecule has 0 aromatic carbocycles. The molecule has 0 atom stereocenters. The van der Waals surface area contributed by atoms with Crippen molar-refractivity contribution in [1.82, 2.24) is 9.97 Å². The topological polar surface area (TPSA) is 70.3 Å². The summed E-state index contributed by atoms with van der Waals surface area (Å²) in [6.45, 7) is 1.24. The molecule has 0 aliphatic carbocycles. The summed E-state index contributed by atoms with van der Waals surface area (Å²) in [4.78, 5) is 8.18. The minimum absolute atomic E-state index is 0.427. The Kier molecular flexibility index (Phi) is 5.20. The Balaban J connectivity index is 2.49. The van der Waals surface area contributed by atoms with Crippen LogP contribution in [0.5, 0.6) is 5.88 Å². The van der Waals surface area contributed by atoms with E-state index < -0.39 is 0 Å². The van der Waals surface area contributed by atoms with E-state index in [-0.39, 0.29) is 0 Å². The molecular formula is C9H15N3O2S. The summed E-state index contributed by atoms with van der Waals surface area (Å²) in [6, 6.07) is 1.62. The van der Waals surface area contributed by atoms with Crippen LogP contribution in [0.25, 0.3) is 0 Å². The van der Waals surface area contributed by atoms with Gasteiger partial charge in [-0.3, -0.25) is 0 Å². The lowest BCUT2D eigenvalue weighted by Gasteiger charge is -2.06. The number of thioether (sulfide) groups is 1. The molecule has 0 fully saturated rings. The van der Waals surface area contributed by atoms with Gasteiger partial charge in [0.05, 0.1) is 6.61 Å². The summed E-state index contributed by atoms with van der Waals surface area (Å²) >= 11 is 1.43. The maximum atomic E-state index is 5.60. The van der Waals surface area contributed by atoms with Crippen molar-refractivity contribution in [3.63, 3.8) is 0 Å². The third-order valence-electron chi connectivity index (χ3n) is 1.63. The average molecular weight is 229 g/mol. The lowest BCUT2D eigenvalue weighted by Crippen LogP contribution is -2.04. The monoisotopic (exact) mass is 229 g/mol. The van der Waals surface area contributed by atoms with Crippen molar-refractivity contribution in [1.29, 1.82) is 0 Å². The molecule has 15 heavy (non-hydrogen) atoms. The number of nitrogens with zero attached hydrogens (tertiary/aromatic N) is 2. The number of nitrogen functional groups attached to an aromatic ring is 1. The van der Waals surface area contributed by atoms with Crippen molar-refractivity contribution < 1.29 is 9.47 Å². The summed E-state index contributed by atoms with van der Waals surface area (Å²) in [6.07, 6.45) is 2.72. The smallest absolute Gasteiger partial charge is 0.219 e. The Morgan fingerprint density at radius 3 is 2.87 bits per heavy atom. The maximum Gasteiger partial charge on any atom is 0.219 e. The van der Waals surface area contributed by atoms with Crippen molar-refractivity contribution in [3.05, 3.63) is 6.07 Å². The second kappa shape index (κ2) is 6.47. The molecule has 0 spiro atoms. The summed E-state index contributed by atoms with van der Waals surface area (Å²) < 4.78 is 10.3. The summed E-state index contributed by atoms with van der Waals surface area (Å²) in [5, 5.41) is 0.622. The fourth-order valence-corrected chi connectivity index (χ4v) is 1.34. The summed E-state index contributed by atoms with van der Waals surface area (Å²) in [7, 11) is 1.66. The first-order valence-corrected chi connectivity index (χ1v) is 5.79. The van der Waals surface area contributed by atoms with Gasteiger partial charge in [0.25, 0.3) is 0 Å². The number of ether oxygens (including phenoxy) is 2. The number of rotatable bonds is 6. The second-order valence-electron chi connectivity index (χ2n) is 2.81. The molecule has 84 valence electrons. The molecule has 5 nitrogen and oxygen atoms in total. The van der Waals surface area contributed by atoms with Gasteiger partial charge in [-0.2, -0.15) is 4.98 Å². The van der Waals surface area contributed by atoms with Crippen LogP contribution < -0.4 is 10.5 Å². The van der Waals surface area contributed by atoms with Crippen LogP contribution in [0.4, 0.5) is 5.82 Å². The summed E-state index contributed by atoms with van der Waals surface area (Å²) in [5.74, 6) is 0.944. The molecule has 0 bridgehead atoms. The molecule has 1 aromatic heterocycles. The standard InChI is InChI=1S/C9H15N3O2S/c1-13-4-3-5-14-8-6-7(10)11-9(12-8)15-2/h6H,3-5H2,1-2H3,(H2,10,11,12). The highest BCUT2D eigenvalue weighted by Crippen LogP contribution is 2.16. The highest BCUT2D eigenvalue weighted by atomic mass is 32.2. The number of methoxy groups -OCH3 is 1. The van der Waals surface area contributed by atoms with E-state index in [1.807, 2.05) is 6.26 Å². The first kappa shape index (κ1) is 12.1. The van der Waals surface area contributed by atoms with Crippen LogP contribution in [0.1, 0.15) is 6.42 Å². The normalized spacial score (nSPS) is 10.3. The molecule has 0 amide bonds. The lowest BCUT2D eigenvalue weighted by molar-refractivity contribution is 0.170. The van der Waals surface area contributed by atoms with Gasteiger partial charge in [0.1, 0.15) is 5.82 Å². The van der Waals surface area contributed by atoms with Crippen molar-refractivity contribution in [2.24, 2.45) is 0 Å². The van der Waals surface area contributed by atoms with Gasteiger partial charge in [0.2, 0.25) is 5.88 Å². The molecule has 6 heteroatoms. The van der Waals surface area contributed by atoms with Gasteiger partial charge >= 0.3 is 0 Å². The van der Waals surface area contributed by atoms with Crippen LogP contribution in [-0.2, 0) is 4.74 Å². The van der Waals surface area contributed by atoms with E-state index in [4.69, 9.17) is 15.2 Å². The molecule has 0 saturated carbocycles. The molecule has 0 aliphatic heterocycles. The number of aromatic nitrogens is 2. The van der Waals surface area contributed by atoms with Crippen molar-refractivity contribution in [2.45, 2.75) is 11.6 Å².